The van der Waals surface area contributed by atoms with Crippen LogP contribution in [-0.2, 0) is 10.2 Å². The van der Waals surface area contributed by atoms with E-state index in [4.69, 9.17) is 11.6 Å². The number of aromatic nitrogens is 1. The van der Waals surface area contributed by atoms with Crippen LogP contribution in [0, 0.1) is 0 Å². The van der Waals surface area contributed by atoms with Crippen LogP contribution in [0.5, 0.6) is 0 Å². The summed E-state index contributed by atoms with van der Waals surface area (Å²) in [4.78, 5) is 31.8. The van der Waals surface area contributed by atoms with Crippen LogP contribution < -0.4 is 15.5 Å². The molecule has 6 nitrogen and oxygen atoms in total. The Labute approximate surface area is 206 Å². The van der Waals surface area contributed by atoms with E-state index in [0.717, 1.165) is 44.1 Å². The van der Waals surface area contributed by atoms with Crippen molar-refractivity contribution in [3.05, 3.63) is 58.7 Å². The minimum atomic E-state index is -4.46. The van der Waals surface area contributed by atoms with Gasteiger partial charge in [-0.3, -0.25) is 9.59 Å². The second-order valence-corrected chi connectivity index (χ2v) is 10.2. The number of alkyl halides is 3. The number of carbonyl (C=O) groups excluding carboxylic acids is 2. The molecule has 2 aliphatic heterocycles. The standard InChI is InChI=1S/C25H26ClF3N4O2/c26-17-4-2-16(3-5-17)24(9-10-24)23(35)32-18-11-19-6-7-20(12-18)33(19)21-8-1-15(13-30-21)22(34)31-14-25(27,28)29/h1-5,8,13,18-20H,6-7,9-12,14H2,(H,31,34)(H,32,35)/t18-,19+,20-. The molecule has 3 heterocycles. The molecule has 10 heteroatoms. The first-order chi connectivity index (χ1) is 16.6. The number of piperidine rings is 1. The number of hydrogen-bond acceptors (Lipinski definition) is 4. The second kappa shape index (κ2) is 9.00. The number of anilines is 1. The van der Waals surface area contributed by atoms with E-state index in [-0.39, 0.29) is 29.6 Å². The van der Waals surface area contributed by atoms with Crippen LogP contribution in [0.1, 0.15) is 54.4 Å². The average Bonchev–Trinajstić information content (AvgIpc) is 3.58. The Morgan fingerprint density at radius 1 is 1.06 bits per heavy atom. The molecule has 0 radical (unpaired) electrons. The lowest BCUT2D eigenvalue weighted by Crippen LogP contribution is -2.52. The summed E-state index contributed by atoms with van der Waals surface area (Å²) < 4.78 is 37.0. The SMILES string of the molecule is O=C(NCC(F)(F)F)c1ccc(N2[C@@H]3CC[C@H]2C[C@@H](NC(=O)C2(c4ccc(Cl)cc4)CC2)C3)nc1. The number of pyridine rings is 1. The molecule has 2 aromatic rings. The minimum absolute atomic E-state index is 0.0741. The molecule has 0 spiro atoms. The Kier molecular flexibility index (Phi) is 6.15. The van der Waals surface area contributed by atoms with Crippen molar-refractivity contribution in [3.63, 3.8) is 0 Å². The normalized spacial score (nSPS) is 24.7. The molecule has 2 N–H and O–H groups in total. The molecule has 1 aromatic heterocycles. The summed E-state index contributed by atoms with van der Waals surface area (Å²) in [5.41, 5.74) is 0.637. The summed E-state index contributed by atoms with van der Waals surface area (Å²) in [5, 5.41) is 5.80. The van der Waals surface area contributed by atoms with Crippen molar-refractivity contribution in [2.75, 3.05) is 11.4 Å². The molecule has 3 aliphatic rings. The van der Waals surface area contributed by atoms with Crippen LogP contribution in [0.15, 0.2) is 42.6 Å². The molecule has 3 fully saturated rings. The maximum atomic E-state index is 13.2. The zero-order valence-corrected chi connectivity index (χ0v) is 19.7. The number of carbonyl (C=O) groups is 2. The molecule has 5 rings (SSSR count). The van der Waals surface area contributed by atoms with E-state index in [9.17, 15) is 22.8 Å². The summed E-state index contributed by atoms with van der Waals surface area (Å²) in [5.74, 6) is -0.0278. The molecule has 3 atom stereocenters. The van der Waals surface area contributed by atoms with E-state index in [1.54, 1.807) is 6.07 Å². The first kappa shape index (κ1) is 23.9. The van der Waals surface area contributed by atoms with E-state index in [1.807, 2.05) is 29.6 Å². The second-order valence-electron chi connectivity index (χ2n) is 9.73. The fourth-order valence-electron chi connectivity index (χ4n) is 5.49. The van der Waals surface area contributed by atoms with Gasteiger partial charge in [-0.25, -0.2) is 4.98 Å². The molecule has 0 unspecified atom stereocenters. The van der Waals surface area contributed by atoms with Gasteiger partial charge >= 0.3 is 6.18 Å². The lowest BCUT2D eigenvalue weighted by molar-refractivity contribution is -0.124. The van der Waals surface area contributed by atoms with Gasteiger partial charge in [0.2, 0.25) is 5.91 Å². The lowest BCUT2D eigenvalue weighted by atomic mass is 9.92. The third-order valence-corrected chi connectivity index (χ3v) is 7.63. The Hall–Kier alpha value is -2.81. The highest BCUT2D eigenvalue weighted by molar-refractivity contribution is 6.30. The topological polar surface area (TPSA) is 74.3 Å². The van der Waals surface area contributed by atoms with Gasteiger partial charge < -0.3 is 15.5 Å². The van der Waals surface area contributed by atoms with Crippen LogP contribution in [-0.4, -0.2) is 47.6 Å². The quantitative estimate of drug-likeness (QED) is 0.610. The van der Waals surface area contributed by atoms with Crippen molar-refractivity contribution in [2.45, 2.75) is 68.2 Å². The van der Waals surface area contributed by atoms with Crippen LogP contribution in [0.2, 0.25) is 5.02 Å². The molecule has 1 aliphatic carbocycles. The molecule has 1 aromatic carbocycles. The lowest BCUT2D eigenvalue weighted by Gasteiger charge is -2.40. The number of nitrogens with one attached hydrogen (secondary N) is 2. The Balaban J connectivity index is 1.20. The van der Waals surface area contributed by atoms with Crippen molar-refractivity contribution in [1.82, 2.24) is 15.6 Å². The predicted octanol–water partition coefficient (Wildman–Crippen LogP) is 4.37. The summed E-state index contributed by atoms with van der Waals surface area (Å²) >= 11 is 6.00. The molecule has 2 saturated heterocycles. The number of rotatable bonds is 6. The van der Waals surface area contributed by atoms with Gasteiger partial charge in [0.1, 0.15) is 12.4 Å². The van der Waals surface area contributed by atoms with Crippen LogP contribution in [0.3, 0.4) is 0 Å². The number of amides is 2. The fourth-order valence-corrected chi connectivity index (χ4v) is 5.61. The number of hydrogen-bond donors (Lipinski definition) is 2. The Morgan fingerprint density at radius 2 is 1.71 bits per heavy atom. The average molecular weight is 507 g/mol. The summed E-state index contributed by atoms with van der Waals surface area (Å²) in [6.07, 6.45) is 2.08. The molecule has 186 valence electrons. The third kappa shape index (κ3) is 4.96. The largest absolute Gasteiger partial charge is 0.405 e. The van der Waals surface area contributed by atoms with E-state index >= 15 is 0 Å². The maximum Gasteiger partial charge on any atom is 0.405 e. The van der Waals surface area contributed by atoms with Gasteiger partial charge in [-0.15, -0.1) is 0 Å². The number of fused-ring (bicyclic) bond motifs is 2. The molecular weight excluding hydrogens is 481 g/mol. The zero-order valence-electron chi connectivity index (χ0n) is 18.9. The van der Waals surface area contributed by atoms with Crippen molar-refractivity contribution in [1.29, 1.82) is 0 Å². The Morgan fingerprint density at radius 3 is 2.26 bits per heavy atom. The van der Waals surface area contributed by atoms with Gasteiger partial charge in [0.05, 0.1) is 11.0 Å². The monoisotopic (exact) mass is 506 g/mol. The maximum absolute atomic E-state index is 13.2. The highest BCUT2D eigenvalue weighted by Crippen LogP contribution is 2.49. The molecule has 2 amide bonds. The molecular formula is C25H26ClF3N4O2. The highest BCUT2D eigenvalue weighted by Gasteiger charge is 2.52. The van der Waals surface area contributed by atoms with Gasteiger partial charge in [0.25, 0.3) is 5.91 Å². The first-order valence-corrected chi connectivity index (χ1v) is 12.2. The summed E-state index contributed by atoms with van der Waals surface area (Å²) in [6.45, 7) is -1.38. The fraction of sp³-hybridized carbons (Fsp3) is 0.480. The third-order valence-electron chi connectivity index (χ3n) is 7.37. The van der Waals surface area contributed by atoms with Crippen LogP contribution in [0.25, 0.3) is 0 Å². The number of nitrogens with zero attached hydrogens (tertiary/aromatic N) is 2. The van der Waals surface area contributed by atoms with Crippen molar-refractivity contribution in [2.24, 2.45) is 0 Å². The number of halogens is 4. The smallest absolute Gasteiger partial charge is 0.352 e. The van der Waals surface area contributed by atoms with E-state index in [1.165, 1.54) is 12.3 Å². The van der Waals surface area contributed by atoms with Crippen molar-refractivity contribution >= 4 is 29.2 Å². The van der Waals surface area contributed by atoms with Crippen molar-refractivity contribution in [3.8, 4) is 0 Å². The number of benzene rings is 1. The van der Waals surface area contributed by atoms with E-state index < -0.39 is 24.0 Å². The van der Waals surface area contributed by atoms with E-state index in [0.29, 0.717) is 10.8 Å². The van der Waals surface area contributed by atoms with Gasteiger partial charge in [-0.2, -0.15) is 13.2 Å². The van der Waals surface area contributed by atoms with Crippen LogP contribution >= 0.6 is 11.6 Å². The summed E-state index contributed by atoms with van der Waals surface area (Å²) in [6, 6.07) is 11.2. The van der Waals surface area contributed by atoms with Gasteiger partial charge in [0, 0.05) is 29.3 Å². The highest BCUT2D eigenvalue weighted by atomic mass is 35.5. The predicted molar refractivity (Wildman–Crippen MR) is 125 cm³/mol. The van der Waals surface area contributed by atoms with Gasteiger partial charge in [0.15, 0.2) is 0 Å². The Bertz CT molecular complexity index is 1090. The first-order valence-electron chi connectivity index (χ1n) is 11.8. The van der Waals surface area contributed by atoms with Crippen LogP contribution in [0.4, 0.5) is 19.0 Å². The zero-order chi connectivity index (χ0) is 24.8. The summed E-state index contributed by atoms with van der Waals surface area (Å²) in [7, 11) is 0. The van der Waals surface area contributed by atoms with Gasteiger partial charge in [-0.05, 0) is 68.4 Å². The minimum Gasteiger partial charge on any atom is -0.352 e. The molecule has 2 bridgehead atoms. The van der Waals surface area contributed by atoms with Crippen molar-refractivity contribution < 1.29 is 22.8 Å². The molecule has 1 saturated carbocycles. The van der Waals surface area contributed by atoms with Gasteiger partial charge in [-0.1, -0.05) is 23.7 Å². The molecule has 35 heavy (non-hydrogen) atoms. The van der Waals surface area contributed by atoms with E-state index in [2.05, 4.69) is 15.2 Å².